The van der Waals surface area contributed by atoms with Crippen LogP contribution in [0.1, 0.15) is 80.1 Å². The number of allylic oxidation sites excluding steroid dienone is 5. The summed E-state index contributed by atoms with van der Waals surface area (Å²) in [7, 11) is 0. The van der Waals surface area contributed by atoms with Crippen molar-refractivity contribution in [2.24, 2.45) is 0 Å². The molecule has 1 saturated heterocycles. The lowest BCUT2D eigenvalue weighted by molar-refractivity contribution is -0.139. The Morgan fingerprint density at radius 2 is 1.40 bits per heavy atom. The first-order valence-corrected chi connectivity index (χ1v) is 9.49. The van der Waals surface area contributed by atoms with E-state index >= 15 is 0 Å². The summed E-state index contributed by atoms with van der Waals surface area (Å²) >= 11 is 0. The van der Waals surface area contributed by atoms with Crippen molar-refractivity contribution in [2.45, 2.75) is 91.8 Å². The minimum Gasteiger partial charge on any atom is -0.462 e. The van der Waals surface area contributed by atoms with E-state index in [1.807, 2.05) is 6.08 Å². The first-order valence-electron chi connectivity index (χ1n) is 9.49. The van der Waals surface area contributed by atoms with Crippen LogP contribution in [0.3, 0.4) is 0 Å². The molecule has 1 atom stereocenters. The zero-order valence-electron chi connectivity index (χ0n) is 17.0. The Labute approximate surface area is 154 Å². The fraction of sp³-hybridized carbons (Fsp3) is 0.682. The third kappa shape index (κ3) is 10.3. The number of carbonyl (C=O) groups is 1. The molecule has 142 valence electrons. The number of epoxide rings is 1. The van der Waals surface area contributed by atoms with E-state index in [9.17, 15) is 4.79 Å². The van der Waals surface area contributed by atoms with Gasteiger partial charge in [-0.3, -0.25) is 4.79 Å². The van der Waals surface area contributed by atoms with Crippen molar-refractivity contribution in [1.29, 1.82) is 0 Å². The molecule has 0 amide bonds. The molecule has 1 heterocycles. The molecule has 0 aromatic heterocycles. The van der Waals surface area contributed by atoms with Crippen LogP contribution in [-0.4, -0.2) is 24.3 Å². The van der Waals surface area contributed by atoms with Gasteiger partial charge in [0.25, 0.3) is 0 Å². The van der Waals surface area contributed by atoms with Gasteiger partial charge in [0, 0.05) is 6.92 Å². The lowest BCUT2D eigenvalue weighted by Crippen LogP contribution is -2.02. The molecule has 3 nitrogen and oxygen atoms in total. The highest BCUT2D eigenvalue weighted by Gasteiger charge is 2.46. The molecule has 3 heteroatoms. The lowest BCUT2D eigenvalue weighted by Gasteiger charge is -2.03. The minimum absolute atomic E-state index is 0.115. The van der Waals surface area contributed by atoms with Gasteiger partial charge in [0.15, 0.2) is 0 Å². The summed E-state index contributed by atoms with van der Waals surface area (Å²) in [5, 5.41) is 0. The van der Waals surface area contributed by atoms with Gasteiger partial charge in [-0.15, -0.1) is 0 Å². The fourth-order valence-corrected chi connectivity index (χ4v) is 2.80. The van der Waals surface area contributed by atoms with Crippen molar-refractivity contribution in [3.05, 3.63) is 34.9 Å². The molecule has 0 aromatic carbocycles. The summed E-state index contributed by atoms with van der Waals surface area (Å²) in [6, 6.07) is 0. The van der Waals surface area contributed by atoms with Gasteiger partial charge in [0.2, 0.25) is 0 Å². The van der Waals surface area contributed by atoms with Gasteiger partial charge >= 0.3 is 5.97 Å². The molecule has 1 fully saturated rings. The topological polar surface area (TPSA) is 38.8 Å². The third-order valence-electron chi connectivity index (χ3n) is 4.75. The van der Waals surface area contributed by atoms with Crippen LogP contribution in [0.2, 0.25) is 0 Å². The molecule has 0 aromatic rings. The first-order chi connectivity index (χ1) is 11.7. The van der Waals surface area contributed by atoms with Gasteiger partial charge in [-0.2, -0.15) is 0 Å². The van der Waals surface area contributed by atoms with E-state index < -0.39 is 0 Å². The number of carbonyl (C=O) groups excluding carboxylic acids is 1. The Balaban J connectivity index is 2.15. The molecule has 0 aliphatic carbocycles. The molecule has 0 bridgehead atoms. The number of rotatable bonds is 11. The second-order valence-corrected chi connectivity index (χ2v) is 7.78. The second-order valence-electron chi connectivity index (χ2n) is 7.78. The Hall–Kier alpha value is -1.35. The van der Waals surface area contributed by atoms with Crippen molar-refractivity contribution >= 4 is 5.97 Å². The molecule has 1 aliphatic rings. The van der Waals surface area contributed by atoms with E-state index in [1.165, 1.54) is 23.6 Å². The van der Waals surface area contributed by atoms with E-state index in [-0.39, 0.29) is 11.6 Å². The quantitative estimate of drug-likeness (QED) is 0.265. The Morgan fingerprint density at radius 1 is 0.920 bits per heavy atom. The van der Waals surface area contributed by atoms with Crippen LogP contribution in [0.15, 0.2) is 34.9 Å². The zero-order valence-corrected chi connectivity index (χ0v) is 17.0. The minimum atomic E-state index is -0.225. The van der Waals surface area contributed by atoms with E-state index in [4.69, 9.17) is 9.47 Å². The molecule has 1 unspecified atom stereocenters. The summed E-state index contributed by atoms with van der Waals surface area (Å²) in [6.45, 7) is 12.7. The van der Waals surface area contributed by atoms with Gasteiger partial charge in [-0.1, -0.05) is 28.9 Å². The van der Waals surface area contributed by atoms with E-state index in [2.05, 4.69) is 46.8 Å². The Kier molecular flexibility index (Phi) is 9.20. The number of hydrogen-bond donors (Lipinski definition) is 0. The van der Waals surface area contributed by atoms with Crippen molar-refractivity contribution in [3.8, 4) is 0 Å². The highest BCUT2D eigenvalue weighted by molar-refractivity contribution is 5.66. The highest BCUT2D eigenvalue weighted by atomic mass is 16.6. The molecule has 0 radical (unpaired) electrons. The number of ether oxygens (including phenoxy) is 2. The molecular weight excluding hydrogens is 312 g/mol. The maximum Gasteiger partial charge on any atom is 0.302 e. The Morgan fingerprint density at radius 3 is 1.88 bits per heavy atom. The third-order valence-corrected chi connectivity index (χ3v) is 4.75. The lowest BCUT2D eigenvalue weighted by atomic mass is 10.0. The average Bonchev–Trinajstić information content (AvgIpc) is 3.12. The van der Waals surface area contributed by atoms with Gasteiger partial charge in [0.1, 0.15) is 6.61 Å². The van der Waals surface area contributed by atoms with Crippen LogP contribution >= 0.6 is 0 Å². The smallest absolute Gasteiger partial charge is 0.302 e. The fourth-order valence-electron chi connectivity index (χ4n) is 2.80. The van der Waals surface area contributed by atoms with Crippen molar-refractivity contribution in [2.75, 3.05) is 6.61 Å². The molecule has 1 rings (SSSR count). The van der Waals surface area contributed by atoms with Gasteiger partial charge in [-0.25, -0.2) is 0 Å². The van der Waals surface area contributed by atoms with Crippen molar-refractivity contribution < 1.29 is 14.3 Å². The Bertz CT molecular complexity index is 523. The molecule has 0 saturated carbocycles. The summed E-state index contributed by atoms with van der Waals surface area (Å²) < 4.78 is 10.6. The summed E-state index contributed by atoms with van der Waals surface area (Å²) in [5.41, 5.74) is 4.31. The maximum atomic E-state index is 10.7. The predicted molar refractivity (Wildman–Crippen MR) is 105 cm³/mol. The van der Waals surface area contributed by atoms with Crippen LogP contribution in [-0.2, 0) is 14.3 Å². The van der Waals surface area contributed by atoms with Crippen molar-refractivity contribution in [3.63, 3.8) is 0 Å². The predicted octanol–water partition coefficient (Wildman–Crippen LogP) is 5.91. The van der Waals surface area contributed by atoms with Crippen LogP contribution < -0.4 is 0 Å². The van der Waals surface area contributed by atoms with Crippen molar-refractivity contribution in [1.82, 2.24) is 0 Å². The van der Waals surface area contributed by atoms with E-state index in [0.29, 0.717) is 12.7 Å². The van der Waals surface area contributed by atoms with Gasteiger partial charge in [0.05, 0.1) is 11.7 Å². The monoisotopic (exact) mass is 348 g/mol. The summed E-state index contributed by atoms with van der Waals surface area (Å²) in [6.07, 6.45) is 13.7. The van der Waals surface area contributed by atoms with Crippen LogP contribution in [0.5, 0.6) is 0 Å². The van der Waals surface area contributed by atoms with E-state index in [1.54, 1.807) is 0 Å². The summed E-state index contributed by atoms with van der Waals surface area (Å²) in [5.74, 6) is -0.225. The van der Waals surface area contributed by atoms with E-state index in [0.717, 1.165) is 38.5 Å². The molecule has 1 aliphatic heterocycles. The number of esters is 1. The van der Waals surface area contributed by atoms with Crippen LogP contribution in [0.25, 0.3) is 0 Å². The largest absolute Gasteiger partial charge is 0.462 e. The summed E-state index contributed by atoms with van der Waals surface area (Å²) in [4.78, 5) is 10.7. The first kappa shape index (κ1) is 21.7. The SMILES string of the molecule is CC(=O)OC/C=C(\C)CC/C=C(\C)CC/C=C(\C)CCC1OC1(C)C. The maximum absolute atomic E-state index is 10.7. The standard InChI is InChI=1S/C22H36O3/c1-17(10-8-12-19(3)15-16-24-20(4)23)9-7-11-18(2)13-14-21-22(5,6)25-21/h10-11,15,21H,7-9,12-14,16H2,1-6H3/b17-10+,18-11+,19-15+. The van der Waals surface area contributed by atoms with Crippen LogP contribution in [0.4, 0.5) is 0 Å². The number of hydrogen-bond acceptors (Lipinski definition) is 3. The zero-order chi connectivity index (χ0) is 18.9. The molecular formula is C22H36O3. The molecule has 0 N–H and O–H groups in total. The highest BCUT2D eigenvalue weighted by Crippen LogP contribution is 2.38. The molecule has 25 heavy (non-hydrogen) atoms. The van der Waals surface area contributed by atoms with Gasteiger partial charge in [-0.05, 0) is 79.2 Å². The average molecular weight is 349 g/mol. The second kappa shape index (κ2) is 10.6. The molecule has 0 spiro atoms. The normalized spacial score (nSPS) is 20.6. The van der Waals surface area contributed by atoms with Crippen LogP contribution in [0, 0.1) is 0 Å². The van der Waals surface area contributed by atoms with Gasteiger partial charge < -0.3 is 9.47 Å².